The van der Waals surface area contributed by atoms with Crippen LogP contribution in [0.1, 0.15) is 29.3 Å². The maximum Gasteiger partial charge on any atom is 0.416 e. The molecule has 0 heterocycles. The maximum atomic E-state index is 12.6. The fourth-order valence-electron chi connectivity index (χ4n) is 1.49. The van der Waals surface area contributed by atoms with Crippen LogP contribution >= 0.6 is 15.9 Å². The van der Waals surface area contributed by atoms with Gasteiger partial charge in [-0.25, -0.2) is 0 Å². The fourth-order valence-corrected chi connectivity index (χ4v) is 1.92. The van der Waals surface area contributed by atoms with Crippen molar-refractivity contribution in [3.63, 3.8) is 0 Å². The minimum absolute atomic E-state index is 0.197. The van der Waals surface area contributed by atoms with Crippen molar-refractivity contribution in [3.05, 3.63) is 33.8 Å². The molecular weight excluding hydrogens is 343 g/mol. The van der Waals surface area contributed by atoms with Gasteiger partial charge in [-0.2, -0.15) is 13.2 Å². The highest BCUT2D eigenvalue weighted by Crippen LogP contribution is 2.31. The highest BCUT2D eigenvalue weighted by molar-refractivity contribution is 9.10. The van der Waals surface area contributed by atoms with Crippen LogP contribution in [-0.4, -0.2) is 23.0 Å². The Balaban J connectivity index is 2.95. The number of carbonyl (C=O) groups excluding carboxylic acids is 1. The molecule has 1 aromatic carbocycles. The first kappa shape index (κ1) is 16.5. The first-order valence-corrected chi connectivity index (χ1v) is 6.30. The molecule has 20 heavy (non-hydrogen) atoms. The number of halogens is 4. The van der Waals surface area contributed by atoms with Gasteiger partial charge < -0.3 is 10.4 Å². The molecule has 1 rings (SSSR count). The van der Waals surface area contributed by atoms with Gasteiger partial charge in [-0.15, -0.1) is 0 Å². The average Bonchev–Trinajstić information content (AvgIpc) is 2.26. The molecule has 0 bridgehead atoms. The van der Waals surface area contributed by atoms with E-state index in [2.05, 4.69) is 21.2 Å². The van der Waals surface area contributed by atoms with Gasteiger partial charge in [-0.3, -0.25) is 9.59 Å². The Bertz CT molecular complexity index is 531. The van der Waals surface area contributed by atoms with Crippen LogP contribution in [-0.2, 0) is 11.0 Å². The van der Waals surface area contributed by atoms with E-state index < -0.39 is 29.7 Å². The summed E-state index contributed by atoms with van der Waals surface area (Å²) < 4.78 is 37.9. The maximum absolute atomic E-state index is 12.6. The SMILES string of the molecule is CC(CC(=O)O)NC(=O)c1cc(C(F)(F)F)ccc1Br. The topological polar surface area (TPSA) is 66.4 Å². The number of nitrogens with one attached hydrogen (secondary N) is 1. The second-order valence-corrected chi connectivity index (χ2v) is 5.02. The van der Waals surface area contributed by atoms with Gasteiger partial charge in [0.2, 0.25) is 0 Å². The molecule has 0 saturated carbocycles. The number of carboxylic acid groups (broad SMARTS) is 1. The predicted octanol–water partition coefficient (Wildman–Crippen LogP) is 3.06. The lowest BCUT2D eigenvalue weighted by Gasteiger charge is -2.14. The predicted molar refractivity (Wildman–Crippen MR) is 68.3 cm³/mol. The molecule has 0 aliphatic heterocycles. The second-order valence-electron chi connectivity index (χ2n) is 4.16. The number of amides is 1. The third-order valence-electron chi connectivity index (χ3n) is 2.40. The molecule has 0 aliphatic rings. The molecule has 0 saturated heterocycles. The van der Waals surface area contributed by atoms with E-state index in [-0.39, 0.29) is 16.5 Å². The summed E-state index contributed by atoms with van der Waals surface area (Å²) in [6.45, 7) is 1.45. The Morgan fingerprint density at radius 3 is 2.50 bits per heavy atom. The number of rotatable bonds is 4. The van der Waals surface area contributed by atoms with Crippen molar-refractivity contribution in [1.82, 2.24) is 5.32 Å². The van der Waals surface area contributed by atoms with Gasteiger partial charge in [0, 0.05) is 10.5 Å². The molecule has 0 fully saturated rings. The summed E-state index contributed by atoms with van der Waals surface area (Å²) in [4.78, 5) is 22.3. The van der Waals surface area contributed by atoms with E-state index in [0.29, 0.717) is 6.07 Å². The van der Waals surface area contributed by atoms with Crippen molar-refractivity contribution in [2.75, 3.05) is 0 Å². The Hall–Kier alpha value is -1.57. The van der Waals surface area contributed by atoms with Gasteiger partial charge in [-0.1, -0.05) is 0 Å². The Morgan fingerprint density at radius 1 is 1.40 bits per heavy atom. The highest BCUT2D eigenvalue weighted by Gasteiger charge is 2.31. The lowest BCUT2D eigenvalue weighted by Crippen LogP contribution is -2.34. The summed E-state index contributed by atoms with van der Waals surface area (Å²) in [7, 11) is 0. The minimum Gasteiger partial charge on any atom is -0.481 e. The van der Waals surface area contributed by atoms with E-state index in [0.717, 1.165) is 12.1 Å². The van der Waals surface area contributed by atoms with Crippen LogP contribution in [0.15, 0.2) is 22.7 Å². The van der Waals surface area contributed by atoms with Crippen molar-refractivity contribution < 1.29 is 27.9 Å². The van der Waals surface area contributed by atoms with E-state index in [4.69, 9.17) is 5.11 Å². The molecule has 2 N–H and O–H groups in total. The Labute approximate surface area is 121 Å². The zero-order chi connectivity index (χ0) is 15.5. The van der Waals surface area contributed by atoms with Crippen LogP contribution in [0.5, 0.6) is 0 Å². The molecule has 1 aromatic rings. The molecule has 0 aromatic heterocycles. The fraction of sp³-hybridized carbons (Fsp3) is 0.333. The standard InChI is InChI=1S/C12H11BrF3NO3/c1-6(4-10(18)19)17-11(20)8-5-7(12(14,15)16)2-3-9(8)13/h2-3,5-6H,4H2,1H3,(H,17,20)(H,18,19). The quantitative estimate of drug-likeness (QED) is 0.874. The average molecular weight is 354 g/mol. The molecule has 110 valence electrons. The summed E-state index contributed by atoms with van der Waals surface area (Å²) in [5.74, 6) is -1.88. The van der Waals surface area contributed by atoms with Crippen molar-refractivity contribution in [1.29, 1.82) is 0 Å². The third-order valence-corrected chi connectivity index (χ3v) is 3.09. The summed E-state index contributed by atoms with van der Waals surface area (Å²) >= 11 is 2.99. The summed E-state index contributed by atoms with van der Waals surface area (Å²) in [5.41, 5.74) is -1.14. The number of benzene rings is 1. The first-order valence-electron chi connectivity index (χ1n) is 5.50. The lowest BCUT2D eigenvalue weighted by atomic mass is 10.1. The molecule has 1 amide bonds. The Kier molecular flexibility index (Phi) is 5.15. The normalized spacial score (nSPS) is 12.8. The lowest BCUT2D eigenvalue weighted by molar-refractivity contribution is -0.138. The Morgan fingerprint density at radius 2 is 2.00 bits per heavy atom. The molecule has 0 spiro atoms. The van der Waals surface area contributed by atoms with Crippen molar-refractivity contribution in [2.45, 2.75) is 25.6 Å². The monoisotopic (exact) mass is 353 g/mol. The van der Waals surface area contributed by atoms with Crippen LogP contribution in [0.3, 0.4) is 0 Å². The number of carbonyl (C=O) groups is 2. The van der Waals surface area contributed by atoms with Gasteiger partial charge in [0.05, 0.1) is 17.5 Å². The summed E-state index contributed by atoms with van der Waals surface area (Å²) in [5, 5.41) is 10.9. The second kappa shape index (κ2) is 6.25. The molecule has 0 radical (unpaired) electrons. The number of alkyl halides is 3. The molecule has 8 heteroatoms. The van der Waals surface area contributed by atoms with Crippen LogP contribution in [0.2, 0.25) is 0 Å². The first-order chi connectivity index (χ1) is 9.11. The molecular formula is C12H11BrF3NO3. The van der Waals surface area contributed by atoms with E-state index in [1.54, 1.807) is 0 Å². The van der Waals surface area contributed by atoms with Gasteiger partial charge in [0.1, 0.15) is 0 Å². The van der Waals surface area contributed by atoms with Crippen molar-refractivity contribution in [2.24, 2.45) is 0 Å². The van der Waals surface area contributed by atoms with Crippen molar-refractivity contribution >= 4 is 27.8 Å². The van der Waals surface area contributed by atoms with Gasteiger partial charge in [0.15, 0.2) is 0 Å². The van der Waals surface area contributed by atoms with E-state index >= 15 is 0 Å². The molecule has 1 unspecified atom stereocenters. The number of carboxylic acids is 1. The minimum atomic E-state index is -4.55. The molecule has 1 atom stereocenters. The van der Waals surface area contributed by atoms with Gasteiger partial charge in [-0.05, 0) is 41.1 Å². The van der Waals surface area contributed by atoms with Gasteiger partial charge in [0.25, 0.3) is 5.91 Å². The number of hydrogen-bond acceptors (Lipinski definition) is 2. The van der Waals surface area contributed by atoms with E-state index in [9.17, 15) is 22.8 Å². The molecule has 0 aliphatic carbocycles. The van der Waals surface area contributed by atoms with E-state index in [1.807, 2.05) is 0 Å². The zero-order valence-electron chi connectivity index (χ0n) is 10.3. The zero-order valence-corrected chi connectivity index (χ0v) is 11.9. The summed E-state index contributed by atoms with van der Waals surface area (Å²) in [6, 6.07) is 2.00. The third kappa shape index (κ3) is 4.52. The van der Waals surface area contributed by atoms with Crippen LogP contribution in [0.4, 0.5) is 13.2 Å². The summed E-state index contributed by atoms with van der Waals surface area (Å²) in [6.07, 6.45) is -4.87. The van der Waals surface area contributed by atoms with Crippen molar-refractivity contribution in [3.8, 4) is 0 Å². The number of hydrogen-bond donors (Lipinski definition) is 2. The number of aliphatic carboxylic acids is 1. The van der Waals surface area contributed by atoms with Gasteiger partial charge >= 0.3 is 12.1 Å². The van der Waals surface area contributed by atoms with E-state index in [1.165, 1.54) is 6.92 Å². The molecule has 4 nitrogen and oxygen atoms in total. The van der Waals surface area contributed by atoms with Crippen LogP contribution in [0, 0.1) is 0 Å². The van der Waals surface area contributed by atoms with Crippen LogP contribution in [0.25, 0.3) is 0 Å². The smallest absolute Gasteiger partial charge is 0.416 e. The highest BCUT2D eigenvalue weighted by atomic mass is 79.9. The van der Waals surface area contributed by atoms with Crippen LogP contribution < -0.4 is 5.32 Å². The largest absolute Gasteiger partial charge is 0.481 e.